The number of nitrogens with zero attached hydrogens (tertiary/aromatic N) is 3. The van der Waals surface area contributed by atoms with Crippen molar-refractivity contribution in [3.63, 3.8) is 0 Å². The third-order valence-corrected chi connectivity index (χ3v) is 2.13. The van der Waals surface area contributed by atoms with Crippen LogP contribution in [0.4, 0.5) is 10.5 Å². The molecule has 0 saturated heterocycles. The van der Waals surface area contributed by atoms with E-state index in [1.165, 1.54) is 22.0 Å². The number of amides is 2. The van der Waals surface area contributed by atoms with Crippen LogP contribution in [0.25, 0.3) is 0 Å². The number of terminal acetylenes is 1. The summed E-state index contributed by atoms with van der Waals surface area (Å²) in [5.41, 5.74) is 0.428. The molecule has 0 atom stereocenters. The Kier molecular flexibility index (Phi) is 4.75. The average molecular weight is 250 g/mol. The van der Waals surface area contributed by atoms with E-state index in [0.29, 0.717) is 12.2 Å². The molecule has 2 amide bonds. The zero-order chi connectivity index (χ0) is 13.5. The lowest BCUT2D eigenvalue weighted by atomic mass is 10.5. The Morgan fingerprint density at radius 2 is 2.39 bits per heavy atom. The maximum absolute atomic E-state index is 11.7. The molecule has 18 heavy (non-hydrogen) atoms. The summed E-state index contributed by atoms with van der Waals surface area (Å²) in [6.07, 6.45) is 7.96. The summed E-state index contributed by atoms with van der Waals surface area (Å²) in [5.74, 6) is 1.38. The lowest BCUT2D eigenvalue weighted by Gasteiger charge is -2.17. The van der Waals surface area contributed by atoms with Gasteiger partial charge in [0.1, 0.15) is 6.54 Å². The van der Waals surface area contributed by atoms with E-state index in [-0.39, 0.29) is 19.1 Å². The van der Waals surface area contributed by atoms with Gasteiger partial charge in [-0.05, 0) is 6.92 Å². The van der Waals surface area contributed by atoms with Gasteiger partial charge in [0.25, 0.3) is 0 Å². The van der Waals surface area contributed by atoms with Crippen molar-refractivity contribution in [3.8, 4) is 12.3 Å². The Morgan fingerprint density at radius 1 is 1.67 bits per heavy atom. The second-order valence-electron chi connectivity index (χ2n) is 3.47. The molecule has 0 spiro atoms. The number of rotatable bonds is 5. The first-order chi connectivity index (χ1) is 8.56. The number of aromatic nitrogens is 2. The summed E-state index contributed by atoms with van der Waals surface area (Å²) < 4.78 is 1.22. The second-order valence-corrected chi connectivity index (χ2v) is 3.47. The molecule has 1 aromatic heterocycles. The van der Waals surface area contributed by atoms with Crippen LogP contribution in [0.5, 0.6) is 0 Å². The van der Waals surface area contributed by atoms with E-state index in [4.69, 9.17) is 11.5 Å². The van der Waals surface area contributed by atoms with Crippen molar-refractivity contribution in [1.82, 2.24) is 14.7 Å². The van der Waals surface area contributed by atoms with Crippen LogP contribution >= 0.6 is 0 Å². The molecule has 0 radical (unpaired) electrons. The van der Waals surface area contributed by atoms with Gasteiger partial charge in [0.05, 0.1) is 18.4 Å². The third kappa shape index (κ3) is 3.83. The first kappa shape index (κ1) is 13.6. The Balaban J connectivity index is 2.61. The minimum Gasteiger partial charge on any atom is -0.480 e. The minimum atomic E-state index is -1.00. The van der Waals surface area contributed by atoms with Gasteiger partial charge in [-0.15, -0.1) is 6.42 Å². The topological polar surface area (TPSA) is 87.5 Å². The molecule has 0 aromatic carbocycles. The van der Waals surface area contributed by atoms with Crippen molar-refractivity contribution in [3.05, 3.63) is 12.4 Å². The van der Waals surface area contributed by atoms with Gasteiger partial charge in [0.15, 0.2) is 0 Å². The van der Waals surface area contributed by atoms with Gasteiger partial charge in [0.2, 0.25) is 0 Å². The van der Waals surface area contributed by atoms with E-state index in [9.17, 15) is 9.59 Å². The molecule has 96 valence electrons. The van der Waals surface area contributed by atoms with Gasteiger partial charge in [0, 0.05) is 12.7 Å². The summed E-state index contributed by atoms with van der Waals surface area (Å²) in [7, 11) is 0. The number of nitrogens with one attached hydrogen (secondary N) is 1. The third-order valence-electron chi connectivity index (χ3n) is 2.13. The predicted molar refractivity (Wildman–Crippen MR) is 65.0 cm³/mol. The zero-order valence-electron chi connectivity index (χ0n) is 9.96. The highest BCUT2D eigenvalue weighted by Crippen LogP contribution is 2.06. The van der Waals surface area contributed by atoms with Crippen molar-refractivity contribution >= 4 is 17.7 Å². The summed E-state index contributed by atoms with van der Waals surface area (Å²) in [6, 6.07) is -0.342. The Bertz CT molecular complexity index is 475. The van der Waals surface area contributed by atoms with E-state index < -0.39 is 5.97 Å². The molecule has 0 aliphatic rings. The smallest absolute Gasteiger partial charge is 0.325 e. The molecule has 0 aliphatic heterocycles. The lowest BCUT2D eigenvalue weighted by molar-refractivity contribution is -0.137. The Hall–Kier alpha value is -2.49. The van der Waals surface area contributed by atoms with Crippen LogP contribution in [0.3, 0.4) is 0 Å². The number of carbonyl (C=O) groups is 2. The molecule has 1 aromatic rings. The highest BCUT2D eigenvalue weighted by atomic mass is 16.4. The maximum atomic E-state index is 11.7. The van der Waals surface area contributed by atoms with Crippen LogP contribution in [0.2, 0.25) is 0 Å². The van der Waals surface area contributed by atoms with Crippen LogP contribution in [-0.2, 0) is 11.3 Å². The van der Waals surface area contributed by atoms with Crippen LogP contribution in [-0.4, -0.2) is 44.9 Å². The van der Waals surface area contributed by atoms with Crippen molar-refractivity contribution in [2.24, 2.45) is 0 Å². The van der Waals surface area contributed by atoms with Crippen LogP contribution in [0.1, 0.15) is 6.92 Å². The average Bonchev–Trinajstić information content (AvgIpc) is 2.72. The monoisotopic (exact) mass is 250 g/mol. The first-order valence-corrected chi connectivity index (χ1v) is 5.30. The summed E-state index contributed by atoms with van der Waals surface area (Å²) in [4.78, 5) is 23.6. The van der Waals surface area contributed by atoms with E-state index in [2.05, 4.69) is 16.3 Å². The van der Waals surface area contributed by atoms with Crippen LogP contribution in [0.15, 0.2) is 12.4 Å². The number of urea groups is 1. The number of aliphatic carboxylic acids is 1. The van der Waals surface area contributed by atoms with E-state index >= 15 is 0 Å². The SMILES string of the molecule is C#CCN(CC)C(=O)Nc1cnn(CC(=O)O)c1. The first-order valence-electron chi connectivity index (χ1n) is 5.30. The van der Waals surface area contributed by atoms with Gasteiger partial charge >= 0.3 is 12.0 Å². The van der Waals surface area contributed by atoms with Crippen LogP contribution in [0, 0.1) is 12.3 Å². The fraction of sp³-hybridized carbons (Fsp3) is 0.364. The molecular formula is C11H14N4O3. The van der Waals surface area contributed by atoms with Gasteiger partial charge in [-0.1, -0.05) is 5.92 Å². The zero-order valence-corrected chi connectivity index (χ0v) is 9.96. The maximum Gasteiger partial charge on any atom is 0.325 e. The number of hydrogen-bond acceptors (Lipinski definition) is 3. The summed E-state index contributed by atoms with van der Waals surface area (Å²) >= 11 is 0. The fourth-order valence-electron chi connectivity index (χ4n) is 1.29. The molecule has 1 rings (SSSR count). The van der Waals surface area contributed by atoms with Gasteiger partial charge in [-0.3, -0.25) is 9.48 Å². The normalized spacial score (nSPS) is 9.56. The minimum absolute atomic E-state index is 0.214. The van der Waals surface area contributed by atoms with Crippen molar-refractivity contribution in [2.45, 2.75) is 13.5 Å². The molecule has 0 fully saturated rings. The molecular weight excluding hydrogens is 236 g/mol. The summed E-state index contributed by atoms with van der Waals surface area (Å²) in [5, 5.41) is 15.0. The number of carboxylic acids is 1. The van der Waals surface area contributed by atoms with Crippen molar-refractivity contribution < 1.29 is 14.7 Å². The molecule has 7 heteroatoms. The number of carboxylic acid groups (broad SMARTS) is 1. The van der Waals surface area contributed by atoms with Crippen LogP contribution < -0.4 is 5.32 Å². The Labute approximate surface area is 104 Å². The molecule has 0 aliphatic carbocycles. The van der Waals surface area contributed by atoms with E-state index in [1.54, 1.807) is 0 Å². The van der Waals surface area contributed by atoms with E-state index in [0.717, 1.165) is 0 Å². The number of anilines is 1. The number of hydrogen-bond donors (Lipinski definition) is 2. The fourth-order valence-corrected chi connectivity index (χ4v) is 1.29. The molecule has 0 saturated carbocycles. The van der Waals surface area contributed by atoms with Crippen molar-refractivity contribution in [1.29, 1.82) is 0 Å². The second kappa shape index (κ2) is 6.30. The largest absolute Gasteiger partial charge is 0.480 e. The molecule has 0 bridgehead atoms. The van der Waals surface area contributed by atoms with E-state index in [1.807, 2.05) is 6.92 Å². The number of carbonyl (C=O) groups excluding carboxylic acids is 1. The molecule has 7 nitrogen and oxygen atoms in total. The lowest BCUT2D eigenvalue weighted by Crippen LogP contribution is -2.34. The standard InChI is InChI=1S/C11H14N4O3/c1-3-5-14(4-2)11(18)13-9-6-12-15(7-9)8-10(16)17/h1,6-7H,4-5,8H2,2H3,(H,13,18)(H,16,17). The van der Waals surface area contributed by atoms with Gasteiger partial charge in [-0.25, -0.2) is 4.79 Å². The quantitative estimate of drug-likeness (QED) is 0.743. The molecule has 2 N–H and O–H groups in total. The highest BCUT2D eigenvalue weighted by molar-refractivity contribution is 5.89. The van der Waals surface area contributed by atoms with Gasteiger partial charge < -0.3 is 15.3 Å². The highest BCUT2D eigenvalue weighted by Gasteiger charge is 2.11. The molecule has 0 unspecified atom stereocenters. The molecule has 1 heterocycles. The van der Waals surface area contributed by atoms with Crippen molar-refractivity contribution in [2.75, 3.05) is 18.4 Å². The predicted octanol–water partition coefficient (Wildman–Crippen LogP) is 0.455. The Morgan fingerprint density at radius 3 is 2.94 bits per heavy atom. The summed E-state index contributed by atoms with van der Waals surface area (Å²) in [6.45, 7) is 2.26. The van der Waals surface area contributed by atoms with Gasteiger partial charge in [-0.2, -0.15) is 5.10 Å².